The molecule has 2 rings (SSSR count). The molecule has 1 heterocycles. The van der Waals surface area contributed by atoms with Gasteiger partial charge < -0.3 is 9.29 Å². The topological polar surface area (TPSA) is 32.3 Å². The Morgan fingerprint density at radius 3 is 2.47 bits per heavy atom. The third-order valence-electron chi connectivity index (χ3n) is 2.46. The van der Waals surface area contributed by atoms with Crippen molar-refractivity contribution >= 4 is 27.1 Å². The van der Waals surface area contributed by atoms with Gasteiger partial charge in [0.1, 0.15) is 5.75 Å². The summed E-state index contributed by atoms with van der Waals surface area (Å²) in [5.74, 6) is 0.689. The number of halogens is 1. The highest BCUT2D eigenvalue weighted by Crippen LogP contribution is 2.30. The van der Waals surface area contributed by atoms with E-state index in [0.717, 1.165) is 22.6 Å². The quantitative estimate of drug-likeness (QED) is 0.801. The number of hydrogen-bond acceptors (Lipinski definition) is 2. The first-order valence-corrected chi connectivity index (χ1v) is 6.92. The van der Waals surface area contributed by atoms with Crippen molar-refractivity contribution in [1.82, 2.24) is 0 Å². The third kappa shape index (κ3) is 2.75. The van der Waals surface area contributed by atoms with E-state index >= 15 is 0 Å². The number of hydrogen-bond donors (Lipinski definition) is 0. The molecule has 0 aliphatic carbocycles. The zero-order valence-corrected chi connectivity index (χ0v) is 10.9. The second kappa shape index (κ2) is 4.45. The second-order valence-corrected chi connectivity index (χ2v) is 6.61. The van der Waals surface area contributed by atoms with Crippen LogP contribution in [0.1, 0.15) is 6.92 Å². The summed E-state index contributed by atoms with van der Waals surface area (Å²) < 4.78 is 18.2. The van der Waals surface area contributed by atoms with Crippen molar-refractivity contribution in [3.63, 3.8) is 0 Å². The van der Waals surface area contributed by atoms with E-state index < -0.39 is 11.2 Å². The Hall–Kier alpha value is -0.0300. The average Bonchev–Trinajstić information content (AvgIpc) is 2.16. The van der Waals surface area contributed by atoms with E-state index in [1.165, 1.54) is 0 Å². The molecule has 82 valence electrons. The predicted octanol–water partition coefficient (Wildman–Crippen LogP) is 2.59. The molecule has 1 aliphatic heterocycles. The van der Waals surface area contributed by atoms with Crippen molar-refractivity contribution in [3.05, 3.63) is 28.7 Å². The van der Waals surface area contributed by atoms with Crippen molar-refractivity contribution in [1.29, 1.82) is 0 Å². The van der Waals surface area contributed by atoms with Crippen molar-refractivity contribution in [2.24, 2.45) is 5.41 Å². The highest BCUT2D eigenvalue weighted by Gasteiger charge is 2.38. The van der Waals surface area contributed by atoms with Crippen molar-refractivity contribution in [2.45, 2.75) is 11.8 Å². The van der Waals surface area contributed by atoms with Gasteiger partial charge >= 0.3 is 0 Å². The summed E-state index contributed by atoms with van der Waals surface area (Å²) in [4.78, 5) is 0.895. The van der Waals surface area contributed by atoms with Crippen LogP contribution in [0.4, 0.5) is 0 Å². The van der Waals surface area contributed by atoms with Crippen LogP contribution >= 0.6 is 15.9 Å². The summed E-state index contributed by atoms with van der Waals surface area (Å²) in [7, 11) is 0. The maximum absolute atomic E-state index is 12.0. The van der Waals surface area contributed by atoms with Crippen LogP contribution < -0.4 is 0 Å². The normalized spacial score (nSPS) is 20.7. The molecule has 0 N–H and O–H groups in total. The Morgan fingerprint density at radius 2 is 2.00 bits per heavy atom. The molecule has 15 heavy (non-hydrogen) atoms. The standard InChI is InChI=1S/C11H13BrO2S/c1-11(6-14-7-11)8-15(13)10-4-2-9(12)3-5-10/h2-5H,6-8H2,1H3. The molecule has 2 nitrogen and oxygen atoms in total. The van der Waals surface area contributed by atoms with Crippen molar-refractivity contribution in [2.75, 3.05) is 19.0 Å². The molecule has 0 radical (unpaired) electrons. The third-order valence-corrected chi connectivity index (χ3v) is 4.74. The summed E-state index contributed by atoms with van der Waals surface area (Å²) >= 11 is 2.45. The molecule has 1 unspecified atom stereocenters. The van der Waals surface area contributed by atoms with Crippen LogP contribution in [0.25, 0.3) is 0 Å². The number of ether oxygens (including phenoxy) is 1. The zero-order chi connectivity index (χ0) is 10.9. The monoisotopic (exact) mass is 288 g/mol. The molecule has 1 saturated heterocycles. The smallest absolute Gasteiger partial charge is 0.152 e. The second-order valence-electron chi connectivity index (χ2n) is 4.25. The van der Waals surface area contributed by atoms with Crippen LogP contribution in [0.2, 0.25) is 0 Å². The molecule has 1 aromatic carbocycles. The minimum atomic E-state index is -0.911. The highest BCUT2D eigenvalue weighted by molar-refractivity contribution is 9.10. The van der Waals surface area contributed by atoms with E-state index in [9.17, 15) is 4.55 Å². The Kier molecular flexibility index (Phi) is 3.40. The van der Waals surface area contributed by atoms with Crippen LogP contribution in [-0.2, 0) is 15.9 Å². The summed E-state index contributed by atoms with van der Waals surface area (Å²) in [5, 5.41) is 0. The summed E-state index contributed by atoms with van der Waals surface area (Å²) in [5.41, 5.74) is 0.109. The van der Waals surface area contributed by atoms with Gasteiger partial charge in [0.05, 0.1) is 18.6 Å². The van der Waals surface area contributed by atoms with Gasteiger partial charge in [-0.1, -0.05) is 22.9 Å². The summed E-state index contributed by atoms with van der Waals surface area (Å²) in [6.45, 7) is 3.58. The molecule has 4 heteroatoms. The van der Waals surface area contributed by atoms with E-state index in [1.54, 1.807) is 0 Å². The zero-order valence-electron chi connectivity index (χ0n) is 8.53. The fourth-order valence-corrected chi connectivity index (χ4v) is 3.19. The molecule has 0 saturated carbocycles. The van der Waals surface area contributed by atoms with Gasteiger partial charge in [0.15, 0.2) is 4.90 Å². The SMILES string of the molecule is CC1(C[S+]([O-])c2ccc(Br)cc2)COC1. The maximum Gasteiger partial charge on any atom is 0.152 e. The Bertz CT molecular complexity index is 335. The van der Waals surface area contributed by atoms with E-state index in [-0.39, 0.29) is 5.41 Å². The van der Waals surface area contributed by atoms with Gasteiger partial charge in [-0.25, -0.2) is 0 Å². The lowest BCUT2D eigenvalue weighted by atomic mass is 9.92. The van der Waals surface area contributed by atoms with Gasteiger partial charge in [-0.3, -0.25) is 0 Å². The van der Waals surface area contributed by atoms with Gasteiger partial charge in [0.2, 0.25) is 0 Å². The molecule has 0 amide bonds. The molecule has 1 aliphatic rings. The van der Waals surface area contributed by atoms with E-state index in [2.05, 4.69) is 22.9 Å². The van der Waals surface area contributed by atoms with Crippen molar-refractivity contribution in [3.8, 4) is 0 Å². The lowest BCUT2D eigenvalue weighted by Crippen LogP contribution is -2.45. The van der Waals surface area contributed by atoms with Crippen LogP contribution in [0.15, 0.2) is 33.6 Å². The minimum absolute atomic E-state index is 0.109. The molecule has 1 fully saturated rings. The molecule has 1 atom stereocenters. The number of rotatable bonds is 3. The van der Waals surface area contributed by atoms with Crippen LogP contribution in [0, 0.1) is 5.41 Å². The lowest BCUT2D eigenvalue weighted by molar-refractivity contribution is -0.0870. The Balaban J connectivity index is 2.01. The molecular weight excluding hydrogens is 276 g/mol. The van der Waals surface area contributed by atoms with E-state index in [1.807, 2.05) is 24.3 Å². The molecule has 0 spiro atoms. The molecular formula is C11H13BrO2S. The molecule has 0 aromatic heterocycles. The van der Waals surface area contributed by atoms with Gasteiger partial charge in [-0.15, -0.1) is 0 Å². The van der Waals surface area contributed by atoms with Crippen LogP contribution in [-0.4, -0.2) is 23.5 Å². The van der Waals surface area contributed by atoms with Gasteiger partial charge in [0.25, 0.3) is 0 Å². The largest absolute Gasteiger partial charge is 0.611 e. The van der Waals surface area contributed by atoms with Crippen LogP contribution in [0.5, 0.6) is 0 Å². The minimum Gasteiger partial charge on any atom is -0.611 e. The average molecular weight is 289 g/mol. The highest BCUT2D eigenvalue weighted by atomic mass is 79.9. The van der Waals surface area contributed by atoms with Crippen molar-refractivity contribution < 1.29 is 9.29 Å². The predicted molar refractivity (Wildman–Crippen MR) is 64.3 cm³/mol. The maximum atomic E-state index is 12.0. The van der Waals surface area contributed by atoms with Gasteiger partial charge in [-0.2, -0.15) is 0 Å². The number of benzene rings is 1. The van der Waals surface area contributed by atoms with E-state index in [4.69, 9.17) is 4.74 Å². The summed E-state index contributed by atoms with van der Waals surface area (Å²) in [6.07, 6.45) is 0. The first kappa shape index (κ1) is 11.5. The Morgan fingerprint density at radius 1 is 1.40 bits per heavy atom. The molecule has 1 aromatic rings. The lowest BCUT2D eigenvalue weighted by Gasteiger charge is -2.37. The summed E-state index contributed by atoms with van der Waals surface area (Å²) in [6, 6.07) is 7.66. The van der Waals surface area contributed by atoms with E-state index in [0.29, 0.717) is 5.75 Å². The van der Waals surface area contributed by atoms with Gasteiger partial charge in [-0.05, 0) is 35.4 Å². The fourth-order valence-electron chi connectivity index (χ4n) is 1.52. The fraction of sp³-hybridized carbons (Fsp3) is 0.455. The first-order valence-electron chi connectivity index (χ1n) is 4.81. The Labute approximate surface area is 101 Å². The van der Waals surface area contributed by atoms with Crippen LogP contribution in [0.3, 0.4) is 0 Å². The van der Waals surface area contributed by atoms with Gasteiger partial charge in [0, 0.05) is 4.47 Å². The first-order chi connectivity index (χ1) is 7.09. The molecule has 0 bridgehead atoms.